The van der Waals surface area contributed by atoms with Gasteiger partial charge in [-0.3, -0.25) is 4.90 Å². The third-order valence-electron chi connectivity index (χ3n) is 4.09. The molecule has 4 nitrogen and oxygen atoms in total. The van der Waals surface area contributed by atoms with Crippen LogP contribution in [0.2, 0.25) is 0 Å². The van der Waals surface area contributed by atoms with Gasteiger partial charge in [0.05, 0.1) is 18.7 Å². The molecule has 0 bridgehead atoms. The average molecular weight is 356 g/mol. The summed E-state index contributed by atoms with van der Waals surface area (Å²) < 4.78 is 18.6. The Morgan fingerprint density at radius 2 is 1.92 bits per heavy atom. The molecule has 0 saturated carbocycles. The van der Waals surface area contributed by atoms with E-state index in [9.17, 15) is 9.18 Å². The summed E-state index contributed by atoms with van der Waals surface area (Å²) in [6.07, 6.45) is 0. The van der Waals surface area contributed by atoms with Gasteiger partial charge in [-0.25, -0.2) is 9.18 Å². The highest BCUT2D eigenvalue weighted by Crippen LogP contribution is 2.34. The minimum Gasteiger partial charge on any atom is -0.466 e. The number of methoxy groups -OCH3 is 1. The van der Waals surface area contributed by atoms with E-state index in [1.165, 1.54) is 19.2 Å². The predicted octanol–water partition coefficient (Wildman–Crippen LogP) is 3.71. The fourth-order valence-corrected chi connectivity index (χ4v) is 3.30. The summed E-state index contributed by atoms with van der Waals surface area (Å²) in [5.74, 6) is -0.861. The molecular weight excluding hydrogens is 339 g/mol. The Balaban J connectivity index is 2.14. The maximum absolute atomic E-state index is 13.7. The molecule has 0 radical (unpaired) electrons. The second kappa shape index (κ2) is 7.03. The molecule has 0 fully saturated rings. The molecular formula is C19H17FN2O2S. The Morgan fingerprint density at radius 3 is 2.56 bits per heavy atom. The first-order chi connectivity index (χ1) is 12.0. The first-order valence-corrected chi connectivity index (χ1v) is 8.14. The van der Waals surface area contributed by atoms with E-state index in [1.807, 2.05) is 30.3 Å². The first-order valence-electron chi connectivity index (χ1n) is 7.73. The van der Waals surface area contributed by atoms with Crippen LogP contribution in [0.5, 0.6) is 0 Å². The summed E-state index contributed by atoms with van der Waals surface area (Å²) in [5, 5.41) is 3.57. The van der Waals surface area contributed by atoms with Gasteiger partial charge < -0.3 is 10.1 Å². The SMILES string of the molecule is COC(=O)C1=C(C)N(c2ccccc2)C(=S)N[C@H]1c1cccc(F)c1. The summed E-state index contributed by atoms with van der Waals surface area (Å²) in [5.41, 5.74) is 2.48. The normalized spacial score (nSPS) is 17.3. The molecule has 25 heavy (non-hydrogen) atoms. The summed E-state index contributed by atoms with van der Waals surface area (Å²) in [7, 11) is 1.32. The molecule has 0 aliphatic carbocycles. The van der Waals surface area contributed by atoms with Crippen LogP contribution in [0.15, 0.2) is 65.9 Å². The molecule has 1 aliphatic heterocycles. The molecule has 2 aromatic carbocycles. The van der Waals surface area contributed by atoms with Crippen LogP contribution < -0.4 is 10.2 Å². The maximum atomic E-state index is 13.7. The number of rotatable bonds is 3. The average Bonchev–Trinajstić information content (AvgIpc) is 2.61. The molecule has 1 atom stereocenters. The molecule has 1 heterocycles. The van der Waals surface area contributed by atoms with Crippen molar-refractivity contribution in [2.45, 2.75) is 13.0 Å². The van der Waals surface area contributed by atoms with Crippen LogP contribution in [0.4, 0.5) is 10.1 Å². The van der Waals surface area contributed by atoms with Gasteiger partial charge in [0, 0.05) is 11.4 Å². The summed E-state index contributed by atoms with van der Waals surface area (Å²) in [6, 6.07) is 15.0. The van der Waals surface area contributed by atoms with Gasteiger partial charge in [0.25, 0.3) is 0 Å². The smallest absolute Gasteiger partial charge is 0.337 e. The van der Waals surface area contributed by atoms with E-state index in [0.717, 1.165) is 5.69 Å². The number of carbonyl (C=O) groups is 1. The lowest BCUT2D eigenvalue weighted by atomic mass is 9.94. The quantitative estimate of drug-likeness (QED) is 0.671. The molecule has 6 heteroatoms. The van der Waals surface area contributed by atoms with Gasteiger partial charge in [0.2, 0.25) is 0 Å². The van der Waals surface area contributed by atoms with Crippen LogP contribution in [0.25, 0.3) is 0 Å². The van der Waals surface area contributed by atoms with Crippen molar-refractivity contribution in [3.63, 3.8) is 0 Å². The molecule has 0 aromatic heterocycles. The van der Waals surface area contributed by atoms with Crippen molar-refractivity contribution in [3.05, 3.63) is 77.2 Å². The van der Waals surface area contributed by atoms with Gasteiger partial charge in [0.15, 0.2) is 5.11 Å². The Hall–Kier alpha value is -2.73. The topological polar surface area (TPSA) is 41.6 Å². The lowest BCUT2D eigenvalue weighted by Gasteiger charge is -2.37. The lowest BCUT2D eigenvalue weighted by Crippen LogP contribution is -2.48. The molecule has 1 N–H and O–H groups in total. The maximum Gasteiger partial charge on any atom is 0.337 e. The molecule has 0 spiro atoms. The minimum absolute atomic E-state index is 0.377. The Morgan fingerprint density at radius 1 is 1.20 bits per heavy atom. The number of esters is 1. The highest BCUT2D eigenvalue weighted by atomic mass is 32.1. The van der Waals surface area contributed by atoms with E-state index in [-0.39, 0.29) is 5.82 Å². The van der Waals surface area contributed by atoms with E-state index < -0.39 is 12.0 Å². The zero-order valence-corrected chi connectivity index (χ0v) is 14.6. The number of halogens is 1. The number of nitrogens with one attached hydrogen (secondary N) is 1. The van der Waals surface area contributed by atoms with Crippen LogP contribution in [-0.2, 0) is 9.53 Å². The van der Waals surface area contributed by atoms with Crippen LogP contribution in [0, 0.1) is 5.82 Å². The van der Waals surface area contributed by atoms with Crippen molar-refractivity contribution in [2.24, 2.45) is 0 Å². The monoisotopic (exact) mass is 356 g/mol. The van der Waals surface area contributed by atoms with Crippen LogP contribution in [0.1, 0.15) is 18.5 Å². The summed E-state index contributed by atoms with van der Waals surface area (Å²) >= 11 is 5.51. The highest BCUT2D eigenvalue weighted by molar-refractivity contribution is 7.80. The highest BCUT2D eigenvalue weighted by Gasteiger charge is 2.35. The van der Waals surface area contributed by atoms with Gasteiger partial charge in [0.1, 0.15) is 5.82 Å². The van der Waals surface area contributed by atoms with Crippen LogP contribution in [0.3, 0.4) is 0 Å². The fraction of sp³-hybridized carbons (Fsp3) is 0.158. The van der Waals surface area contributed by atoms with Gasteiger partial charge in [-0.15, -0.1) is 0 Å². The Kier molecular flexibility index (Phi) is 4.81. The van der Waals surface area contributed by atoms with E-state index >= 15 is 0 Å². The zero-order chi connectivity index (χ0) is 18.0. The third-order valence-corrected chi connectivity index (χ3v) is 4.39. The summed E-state index contributed by atoms with van der Waals surface area (Å²) in [4.78, 5) is 14.2. The Bertz CT molecular complexity index is 852. The standard InChI is InChI=1S/C19H17FN2O2S/c1-12-16(18(23)24-2)17(13-7-6-8-14(20)11-13)21-19(25)22(12)15-9-4-3-5-10-15/h3-11,17H,1-2H3,(H,21,25)/t17-/m0/s1. The van der Waals surface area contributed by atoms with E-state index in [1.54, 1.807) is 24.0 Å². The van der Waals surface area contributed by atoms with E-state index in [2.05, 4.69) is 5.32 Å². The largest absolute Gasteiger partial charge is 0.466 e. The molecule has 1 aliphatic rings. The molecule has 0 unspecified atom stereocenters. The molecule has 0 amide bonds. The van der Waals surface area contributed by atoms with Gasteiger partial charge in [-0.2, -0.15) is 0 Å². The molecule has 0 saturated heterocycles. The van der Waals surface area contributed by atoms with E-state index in [4.69, 9.17) is 17.0 Å². The van der Waals surface area contributed by atoms with Crippen molar-refractivity contribution >= 4 is 29.0 Å². The number of carbonyl (C=O) groups excluding carboxylic acids is 1. The lowest BCUT2D eigenvalue weighted by molar-refractivity contribution is -0.136. The van der Waals surface area contributed by atoms with Gasteiger partial charge >= 0.3 is 5.97 Å². The number of ether oxygens (including phenoxy) is 1. The number of thiocarbonyl (C=S) groups is 1. The van der Waals surface area contributed by atoms with Crippen LogP contribution >= 0.6 is 12.2 Å². The number of hydrogen-bond donors (Lipinski definition) is 1. The number of allylic oxidation sites excluding steroid dienone is 1. The third kappa shape index (κ3) is 3.25. The zero-order valence-electron chi connectivity index (χ0n) is 13.8. The van der Waals surface area contributed by atoms with Crippen molar-refractivity contribution in [1.82, 2.24) is 5.32 Å². The molecule has 2 aromatic rings. The van der Waals surface area contributed by atoms with Gasteiger partial charge in [-0.1, -0.05) is 30.3 Å². The van der Waals surface area contributed by atoms with Gasteiger partial charge in [-0.05, 0) is 49.0 Å². The predicted molar refractivity (Wildman–Crippen MR) is 98.5 cm³/mol. The number of para-hydroxylation sites is 1. The van der Waals surface area contributed by atoms with Crippen LogP contribution in [-0.4, -0.2) is 18.2 Å². The van der Waals surface area contributed by atoms with Crippen molar-refractivity contribution in [2.75, 3.05) is 12.0 Å². The fourth-order valence-electron chi connectivity index (χ4n) is 2.94. The number of nitrogens with zero attached hydrogens (tertiary/aromatic N) is 1. The second-order valence-corrected chi connectivity index (χ2v) is 5.99. The van der Waals surface area contributed by atoms with Crippen molar-refractivity contribution in [1.29, 1.82) is 0 Å². The second-order valence-electron chi connectivity index (χ2n) is 5.60. The van der Waals surface area contributed by atoms with E-state index in [0.29, 0.717) is 21.9 Å². The van der Waals surface area contributed by atoms with Crippen molar-refractivity contribution < 1.29 is 13.9 Å². The minimum atomic E-state index is -0.574. The number of hydrogen-bond acceptors (Lipinski definition) is 3. The molecule has 128 valence electrons. The number of anilines is 1. The number of benzene rings is 2. The summed E-state index contributed by atoms with van der Waals surface area (Å²) in [6.45, 7) is 1.80. The van der Waals surface area contributed by atoms with Crippen molar-refractivity contribution in [3.8, 4) is 0 Å². The molecule has 3 rings (SSSR count). The Labute approximate surface area is 150 Å². The first kappa shape index (κ1) is 17.1.